The molecule has 1 aliphatic heterocycles. The van der Waals surface area contributed by atoms with Crippen molar-refractivity contribution in [2.24, 2.45) is 0 Å². The average molecular weight is 596 g/mol. The first-order chi connectivity index (χ1) is 16.4. The number of thiophene rings is 1. The Kier molecular flexibility index (Phi) is 8.33. The Morgan fingerprint density at radius 2 is 1.71 bits per heavy atom. The van der Waals surface area contributed by atoms with Gasteiger partial charge in [-0.1, -0.05) is 35.0 Å². The number of hydrogen-bond acceptors (Lipinski definition) is 9. The first-order valence-electron chi connectivity index (χ1n) is 10.5. The Morgan fingerprint density at radius 1 is 1.00 bits per heavy atom. The summed E-state index contributed by atoms with van der Waals surface area (Å²) in [7, 11) is -7.91. The fourth-order valence-corrected chi connectivity index (χ4v) is 7.59. The molecule has 0 spiro atoms. The van der Waals surface area contributed by atoms with Crippen LogP contribution in [0, 0.1) is 0 Å². The van der Waals surface area contributed by atoms with E-state index in [2.05, 4.69) is 0 Å². The monoisotopic (exact) mass is 594 g/mol. The highest BCUT2D eigenvalue weighted by molar-refractivity contribution is 8.19. The molecule has 0 bridgehead atoms. The molecule has 4 rings (SSSR count). The van der Waals surface area contributed by atoms with E-state index < -0.39 is 26.7 Å². The standard InChI is InChI=1S/C22H23Cl2NO6S4/c23-14-4-6-19-17(11-14)16(3-1-9-34(26,27)28)21(32-19)13-22-25(8-2-10-35(29,30)31)18-12-15(24)5-7-20(18)33-22/h4-7,11-13,29-31H,1-3,8-10H2,(H,26,27,28)/p-1. The zero-order valence-electron chi connectivity index (χ0n) is 18.2. The normalized spacial score (nSPS) is 15.8. The maximum atomic E-state index is 11.1. The van der Waals surface area contributed by atoms with Gasteiger partial charge >= 0.3 is 0 Å². The number of benzene rings is 2. The molecule has 0 saturated heterocycles. The fraction of sp³-hybridized carbons (Fsp3) is 0.273. The molecule has 0 amide bonds. The number of hydrogen-bond donors (Lipinski definition) is 3. The SMILES string of the molecule is O=S(=O)([O-])CCCc1c(C=C2Sc3ccc(Cl)cc3N2CCCS(O)(O)O)sc2ccc(Cl)cc12. The van der Waals surface area contributed by atoms with Crippen LogP contribution in [0.5, 0.6) is 0 Å². The number of aryl methyl sites for hydroxylation is 1. The topological polar surface area (TPSA) is 121 Å². The molecule has 0 aliphatic carbocycles. The van der Waals surface area contributed by atoms with Gasteiger partial charge in [0.25, 0.3) is 0 Å². The molecule has 35 heavy (non-hydrogen) atoms. The molecule has 3 N–H and O–H groups in total. The van der Waals surface area contributed by atoms with Crippen LogP contribution in [0.1, 0.15) is 23.3 Å². The van der Waals surface area contributed by atoms with Crippen molar-refractivity contribution in [3.05, 3.63) is 61.9 Å². The van der Waals surface area contributed by atoms with Crippen LogP contribution in [0.15, 0.2) is 46.3 Å². The smallest absolute Gasteiger partial charge is 0.0946 e. The van der Waals surface area contributed by atoms with E-state index in [4.69, 9.17) is 23.2 Å². The van der Waals surface area contributed by atoms with Gasteiger partial charge in [0.1, 0.15) is 0 Å². The van der Waals surface area contributed by atoms with Gasteiger partial charge in [-0.05, 0) is 72.7 Å². The van der Waals surface area contributed by atoms with Crippen molar-refractivity contribution in [3.63, 3.8) is 0 Å². The average Bonchev–Trinajstić information content (AvgIpc) is 3.24. The van der Waals surface area contributed by atoms with Crippen LogP contribution >= 0.6 is 57.2 Å². The van der Waals surface area contributed by atoms with Gasteiger partial charge in [-0.3, -0.25) is 0 Å². The van der Waals surface area contributed by atoms with E-state index in [-0.39, 0.29) is 12.2 Å². The van der Waals surface area contributed by atoms with Gasteiger partial charge < -0.3 is 23.1 Å². The second-order valence-electron chi connectivity index (χ2n) is 7.99. The Morgan fingerprint density at radius 3 is 2.43 bits per heavy atom. The molecule has 0 radical (unpaired) electrons. The molecule has 13 heteroatoms. The van der Waals surface area contributed by atoms with Gasteiger partial charge in [0.2, 0.25) is 0 Å². The van der Waals surface area contributed by atoms with E-state index in [1.54, 1.807) is 23.5 Å². The Balaban J connectivity index is 1.72. The number of rotatable bonds is 9. The van der Waals surface area contributed by atoms with Crippen LogP contribution in [-0.4, -0.2) is 44.7 Å². The third kappa shape index (κ3) is 7.07. The van der Waals surface area contributed by atoms with Crippen LogP contribution < -0.4 is 4.90 Å². The van der Waals surface area contributed by atoms with Crippen molar-refractivity contribution in [1.29, 1.82) is 0 Å². The summed E-state index contributed by atoms with van der Waals surface area (Å²) < 4.78 is 62.6. The van der Waals surface area contributed by atoms with Gasteiger partial charge in [0, 0.05) is 42.6 Å². The number of fused-ring (bicyclic) bond motifs is 2. The van der Waals surface area contributed by atoms with Crippen molar-refractivity contribution >= 4 is 89.1 Å². The third-order valence-electron chi connectivity index (χ3n) is 5.35. The van der Waals surface area contributed by atoms with E-state index in [0.717, 1.165) is 36.1 Å². The first kappa shape index (κ1) is 27.1. The number of nitrogens with zero attached hydrogens (tertiary/aromatic N) is 1. The maximum absolute atomic E-state index is 11.1. The van der Waals surface area contributed by atoms with Gasteiger partial charge in [-0.25, -0.2) is 8.42 Å². The molecule has 1 aliphatic rings. The van der Waals surface area contributed by atoms with Crippen molar-refractivity contribution in [2.45, 2.75) is 24.2 Å². The molecule has 0 saturated carbocycles. The predicted molar refractivity (Wildman–Crippen MR) is 147 cm³/mol. The molecule has 2 aromatic carbocycles. The van der Waals surface area contributed by atoms with Crippen LogP contribution in [0.2, 0.25) is 10.0 Å². The summed E-state index contributed by atoms with van der Waals surface area (Å²) in [5, 5.41) is 2.93. The fourth-order valence-electron chi connectivity index (χ4n) is 3.88. The zero-order chi connectivity index (χ0) is 25.4. The summed E-state index contributed by atoms with van der Waals surface area (Å²) in [5.41, 5.74) is 1.80. The lowest BCUT2D eigenvalue weighted by Crippen LogP contribution is -2.21. The summed E-state index contributed by atoms with van der Waals surface area (Å²) in [6.07, 6.45) is 2.94. The van der Waals surface area contributed by atoms with Gasteiger partial charge in [0.15, 0.2) is 0 Å². The maximum Gasteiger partial charge on any atom is 0.0946 e. The molecule has 2 heterocycles. The van der Waals surface area contributed by atoms with Gasteiger partial charge in [-0.2, -0.15) is 0 Å². The molecule has 190 valence electrons. The highest BCUT2D eigenvalue weighted by Gasteiger charge is 2.27. The zero-order valence-corrected chi connectivity index (χ0v) is 23.0. The summed E-state index contributed by atoms with van der Waals surface area (Å²) in [6, 6.07) is 11.1. The first-order valence-corrected chi connectivity index (χ1v) is 16.1. The molecular formula is C22H22Cl2NO6S4-. The second kappa shape index (κ2) is 10.8. The molecule has 1 aromatic heterocycles. The minimum absolute atomic E-state index is 0.145. The Labute approximate surface area is 223 Å². The van der Waals surface area contributed by atoms with Crippen LogP contribution in [0.4, 0.5) is 5.69 Å². The highest BCUT2D eigenvalue weighted by atomic mass is 35.5. The quantitative estimate of drug-likeness (QED) is 0.222. The van der Waals surface area contributed by atoms with Crippen LogP contribution in [0.25, 0.3) is 16.2 Å². The summed E-state index contributed by atoms with van der Waals surface area (Å²) in [5.74, 6) is -0.590. The second-order valence-corrected chi connectivity index (χ2v) is 14.2. The number of halogens is 2. The van der Waals surface area contributed by atoms with E-state index in [0.29, 0.717) is 29.4 Å². The van der Waals surface area contributed by atoms with Crippen LogP contribution in [-0.2, 0) is 16.5 Å². The van der Waals surface area contributed by atoms with Crippen molar-refractivity contribution < 1.29 is 26.6 Å². The Hall–Kier alpha value is -0.990. The van der Waals surface area contributed by atoms with Crippen molar-refractivity contribution in [1.82, 2.24) is 0 Å². The lowest BCUT2D eigenvalue weighted by atomic mass is 10.1. The van der Waals surface area contributed by atoms with Gasteiger partial charge in [-0.15, -0.1) is 11.3 Å². The number of thioether (sulfide) groups is 1. The highest BCUT2D eigenvalue weighted by Crippen LogP contribution is 2.49. The Bertz CT molecular complexity index is 1380. The molecule has 0 fully saturated rings. The van der Waals surface area contributed by atoms with Crippen molar-refractivity contribution in [2.75, 3.05) is 23.0 Å². The molecule has 3 aromatic rings. The molecule has 0 atom stereocenters. The molecule has 0 unspecified atom stereocenters. The summed E-state index contributed by atoms with van der Waals surface area (Å²) >= 11 is 15.5. The van der Waals surface area contributed by atoms with E-state index >= 15 is 0 Å². The van der Waals surface area contributed by atoms with Crippen LogP contribution in [0.3, 0.4) is 0 Å². The van der Waals surface area contributed by atoms with Crippen molar-refractivity contribution in [3.8, 4) is 0 Å². The minimum atomic E-state index is -4.32. The number of anilines is 1. The van der Waals surface area contributed by atoms with E-state index in [1.807, 2.05) is 35.2 Å². The summed E-state index contributed by atoms with van der Waals surface area (Å²) in [6.45, 7) is 0.420. The minimum Gasteiger partial charge on any atom is -0.748 e. The molecule has 7 nitrogen and oxygen atoms in total. The lowest BCUT2D eigenvalue weighted by molar-refractivity contribution is 0.375. The summed E-state index contributed by atoms with van der Waals surface area (Å²) in [4.78, 5) is 3.92. The van der Waals surface area contributed by atoms with E-state index in [1.165, 1.54) is 11.8 Å². The largest absolute Gasteiger partial charge is 0.748 e. The van der Waals surface area contributed by atoms with E-state index in [9.17, 15) is 26.6 Å². The van der Waals surface area contributed by atoms with Gasteiger partial charge in [0.05, 0.1) is 31.7 Å². The predicted octanol–water partition coefficient (Wildman–Crippen LogP) is 7.21. The molecular weight excluding hydrogens is 573 g/mol. The lowest BCUT2D eigenvalue weighted by Gasteiger charge is -2.24. The third-order valence-corrected chi connectivity index (χ3v) is 9.72.